The fraction of sp³-hybridized carbons (Fsp3) is 0.130. The van der Waals surface area contributed by atoms with Crippen LogP contribution in [0.15, 0.2) is 72.8 Å². The van der Waals surface area contributed by atoms with Gasteiger partial charge in [-0.3, -0.25) is 4.79 Å². The van der Waals surface area contributed by atoms with E-state index in [1.807, 2.05) is 48.5 Å². The molecule has 0 saturated heterocycles. The molecule has 28 heavy (non-hydrogen) atoms. The van der Waals surface area contributed by atoms with Gasteiger partial charge in [-0.15, -0.1) is 0 Å². The summed E-state index contributed by atoms with van der Waals surface area (Å²) in [6.07, 6.45) is 0.666. The number of hydrogen-bond donors (Lipinski definition) is 1. The van der Waals surface area contributed by atoms with Crippen molar-refractivity contribution in [3.63, 3.8) is 0 Å². The van der Waals surface area contributed by atoms with Crippen molar-refractivity contribution in [2.24, 2.45) is 0 Å². The molecule has 5 heteroatoms. The van der Waals surface area contributed by atoms with Crippen LogP contribution in [0.1, 0.15) is 27.0 Å². The maximum atomic E-state index is 13.3. The van der Waals surface area contributed by atoms with Gasteiger partial charge in [0.15, 0.2) is 6.61 Å². The third-order valence-corrected chi connectivity index (χ3v) is 4.28. The Morgan fingerprint density at radius 3 is 2.46 bits per heavy atom. The van der Waals surface area contributed by atoms with Crippen LogP contribution < -0.4 is 5.32 Å². The minimum absolute atomic E-state index is 0.109. The van der Waals surface area contributed by atoms with Crippen LogP contribution in [0.2, 0.25) is 0 Å². The molecule has 0 aliphatic heterocycles. The highest BCUT2D eigenvalue weighted by Crippen LogP contribution is 2.19. The molecule has 3 aromatic rings. The second kappa shape index (κ2) is 8.95. The standard InChI is InChI=1S/C23H20FNO3/c1-16-11-12-19(24)14-20(16)23(27)28-15-22(26)25-21-10-6-5-9-18(21)13-17-7-3-2-4-8-17/h2-12,14H,13,15H2,1H3,(H,25,26). The molecule has 3 aromatic carbocycles. The summed E-state index contributed by atoms with van der Waals surface area (Å²) in [6.45, 7) is 1.23. The van der Waals surface area contributed by atoms with Crippen molar-refractivity contribution in [1.82, 2.24) is 0 Å². The highest BCUT2D eigenvalue weighted by atomic mass is 19.1. The van der Waals surface area contributed by atoms with Crippen molar-refractivity contribution in [3.05, 3.63) is 101 Å². The van der Waals surface area contributed by atoms with E-state index < -0.39 is 24.3 Å². The van der Waals surface area contributed by atoms with E-state index in [-0.39, 0.29) is 5.56 Å². The summed E-state index contributed by atoms with van der Waals surface area (Å²) in [6, 6.07) is 21.2. The summed E-state index contributed by atoms with van der Waals surface area (Å²) in [5.74, 6) is -1.72. The van der Waals surface area contributed by atoms with Crippen LogP contribution >= 0.6 is 0 Å². The van der Waals surface area contributed by atoms with Crippen molar-refractivity contribution < 1.29 is 18.7 Å². The number of rotatable bonds is 6. The number of carbonyl (C=O) groups excluding carboxylic acids is 2. The molecule has 0 saturated carbocycles. The highest BCUT2D eigenvalue weighted by Gasteiger charge is 2.14. The van der Waals surface area contributed by atoms with Crippen LogP contribution in [-0.2, 0) is 16.0 Å². The van der Waals surface area contributed by atoms with Crippen LogP contribution in [-0.4, -0.2) is 18.5 Å². The molecule has 0 aliphatic carbocycles. The number of para-hydroxylation sites is 1. The van der Waals surface area contributed by atoms with Gasteiger partial charge in [0, 0.05) is 5.69 Å². The van der Waals surface area contributed by atoms with Gasteiger partial charge in [0.05, 0.1) is 5.56 Å². The fourth-order valence-electron chi connectivity index (χ4n) is 2.82. The monoisotopic (exact) mass is 377 g/mol. The van der Waals surface area contributed by atoms with Crippen LogP contribution in [0, 0.1) is 12.7 Å². The van der Waals surface area contributed by atoms with Gasteiger partial charge < -0.3 is 10.1 Å². The summed E-state index contributed by atoms with van der Waals surface area (Å²) >= 11 is 0. The Kier molecular flexibility index (Phi) is 6.17. The summed E-state index contributed by atoms with van der Waals surface area (Å²) in [5.41, 5.74) is 3.43. The molecular weight excluding hydrogens is 357 g/mol. The molecular formula is C23H20FNO3. The van der Waals surface area contributed by atoms with Crippen molar-refractivity contribution in [2.45, 2.75) is 13.3 Å². The fourth-order valence-corrected chi connectivity index (χ4v) is 2.82. The predicted octanol–water partition coefficient (Wildman–Crippen LogP) is 4.52. The quantitative estimate of drug-likeness (QED) is 0.643. The number of hydrogen-bond acceptors (Lipinski definition) is 3. The number of ether oxygens (including phenoxy) is 1. The third kappa shape index (κ3) is 5.04. The maximum Gasteiger partial charge on any atom is 0.339 e. The number of amides is 1. The van der Waals surface area contributed by atoms with E-state index in [9.17, 15) is 14.0 Å². The van der Waals surface area contributed by atoms with E-state index in [1.54, 1.807) is 13.0 Å². The molecule has 0 heterocycles. The second-order valence-electron chi connectivity index (χ2n) is 6.40. The lowest BCUT2D eigenvalue weighted by atomic mass is 10.0. The Morgan fingerprint density at radius 2 is 1.68 bits per heavy atom. The molecule has 0 aliphatic rings. The van der Waals surface area contributed by atoms with Gasteiger partial charge >= 0.3 is 5.97 Å². The molecule has 4 nitrogen and oxygen atoms in total. The molecule has 3 rings (SSSR count). The zero-order valence-corrected chi connectivity index (χ0v) is 15.4. The first-order valence-corrected chi connectivity index (χ1v) is 8.88. The Balaban J connectivity index is 1.62. The minimum Gasteiger partial charge on any atom is -0.452 e. The first kappa shape index (κ1) is 19.3. The lowest BCUT2D eigenvalue weighted by molar-refractivity contribution is -0.119. The normalized spacial score (nSPS) is 10.4. The predicted molar refractivity (Wildman–Crippen MR) is 106 cm³/mol. The average Bonchev–Trinajstić information content (AvgIpc) is 2.70. The maximum absolute atomic E-state index is 13.3. The molecule has 142 valence electrons. The molecule has 1 amide bonds. The van der Waals surface area contributed by atoms with E-state index >= 15 is 0 Å². The van der Waals surface area contributed by atoms with Crippen LogP contribution in [0.4, 0.5) is 10.1 Å². The van der Waals surface area contributed by atoms with E-state index in [4.69, 9.17) is 4.74 Å². The highest BCUT2D eigenvalue weighted by molar-refractivity contribution is 5.96. The van der Waals surface area contributed by atoms with Crippen LogP contribution in [0.25, 0.3) is 0 Å². The van der Waals surface area contributed by atoms with Crippen molar-refractivity contribution in [3.8, 4) is 0 Å². The first-order valence-electron chi connectivity index (χ1n) is 8.88. The number of esters is 1. The smallest absolute Gasteiger partial charge is 0.339 e. The number of aryl methyl sites for hydroxylation is 1. The second-order valence-corrected chi connectivity index (χ2v) is 6.40. The number of halogens is 1. The third-order valence-electron chi connectivity index (χ3n) is 4.28. The van der Waals surface area contributed by atoms with E-state index in [2.05, 4.69) is 5.32 Å². The average molecular weight is 377 g/mol. The lowest BCUT2D eigenvalue weighted by Gasteiger charge is -2.12. The van der Waals surface area contributed by atoms with Gasteiger partial charge in [-0.05, 0) is 48.2 Å². The van der Waals surface area contributed by atoms with Crippen LogP contribution in [0.3, 0.4) is 0 Å². The Bertz CT molecular complexity index is 986. The zero-order valence-electron chi connectivity index (χ0n) is 15.4. The Morgan fingerprint density at radius 1 is 0.964 bits per heavy atom. The van der Waals surface area contributed by atoms with Crippen molar-refractivity contribution >= 4 is 17.6 Å². The molecule has 0 spiro atoms. The van der Waals surface area contributed by atoms with E-state index in [0.29, 0.717) is 17.7 Å². The summed E-state index contributed by atoms with van der Waals surface area (Å²) in [4.78, 5) is 24.4. The van der Waals surface area contributed by atoms with Crippen molar-refractivity contribution in [1.29, 1.82) is 0 Å². The number of carbonyl (C=O) groups is 2. The van der Waals surface area contributed by atoms with Gasteiger partial charge in [-0.1, -0.05) is 54.6 Å². The minimum atomic E-state index is -0.732. The van der Waals surface area contributed by atoms with E-state index in [1.165, 1.54) is 12.1 Å². The zero-order chi connectivity index (χ0) is 19.9. The molecule has 0 unspecified atom stereocenters. The van der Waals surface area contributed by atoms with Gasteiger partial charge in [0.1, 0.15) is 5.82 Å². The SMILES string of the molecule is Cc1ccc(F)cc1C(=O)OCC(=O)Nc1ccccc1Cc1ccccc1. The molecule has 1 N–H and O–H groups in total. The molecule has 0 radical (unpaired) electrons. The largest absolute Gasteiger partial charge is 0.452 e. The van der Waals surface area contributed by atoms with Crippen molar-refractivity contribution in [2.75, 3.05) is 11.9 Å². The lowest BCUT2D eigenvalue weighted by Crippen LogP contribution is -2.22. The summed E-state index contributed by atoms with van der Waals surface area (Å²) < 4.78 is 18.4. The van der Waals surface area contributed by atoms with Gasteiger partial charge in [0.2, 0.25) is 0 Å². The van der Waals surface area contributed by atoms with Gasteiger partial charge in [-0.2, -0.15) is 0 Å². The Hall–Kier alpha value is -3.47. The molecule has 0 atom stereocenters. The molecule has 0 aromatic heterocycles. The topological polar surface area (TPSA) is 55.4 Å². The number of benzene rings is 3. The van der Waals surface area contributed by atoms with Crippen LogP contribution in [0.5, 0.6) is 0 Å². The number of anilines is 1. The summed E-state index contributed by atoms with van der Waals surface area (Å²) in [7, 11) is 0. The van der Waals surface area contributed by atoms with Gasteiger partial charge in [0.25, 0.3) is 5.91 Å². The molecule has 0 bridgehead atoms. The van der Waals surface area contributed by atoms with Gasteiger partial charge in [-0.25, -0.2) is 9.18 Å². The molecule has 0 fully saturated rings. The summed E-state index contributed by atoms with van der Waals surface area (Å²) in [5, 5.41) is 2.77. The Labute approximate surface area is 163 Å². The first-order chi connectivity index (χ1) is 13.5. The van der Waals surface area contributed by atoms with E-state index in [0.717, 1.165) is 17.2 Å². The number of nitrogens with one attached hydrogen (secondary N) is 1.